The van der Waals surface area contributed by atoms with Gasteiger partial charge in [0.05, 0.1) is 0 Å². The summed E-state index contributed by atoms with van der Waals surface area (Å²) in [4.78, 5) is 20.0. The molecule has 18 heavy (non-hydrogen) atoms. The quantitative estimate of drug-likeness (QED) is 0.730. The first-order valence-corrected chi connectivity index (χ1v) is 5.73. The van der Waals surface area contributed by atoms with E-state index in [2.05, 4.69) is 30.2 Å². The Morgan fingerprint density at radius 1 is 1.22 bits per heavy atom. The predicted octanol–water partition coefficient (Wildman–Crippen LogP) is 1.85. The second-order valence-electron chi connectivity index (χ2n) is 3.77. The summed E-state index contributed by atoms with van der Waals surface area (Å²) in [7, 11) is 0. The van der Waals surface area contributed by atoms with Gasteiger partial charge < -0.3 is 10.3 Å². The van der Waals surface area contributed by atoms with Gasteiger partial charge in [0.2, 0.25) is 0 Å². The zero-order valence-electron chi connectivity index (χ0n) is 9.88. The lowest BCUT2D eigenvalue weighted by Gasteiger charge is -2.00. The van der Waals surface area contributed by atoms with Crippen LogP contribution in [-0.2, 0) is 0 Å². The van der Waals surface area contributed by atoms with Gasteiger partial charge in [0.1, 0.15) is 17.7 Å². The van der Waals surface area contributed by atoms with Gasteiger partial charge in [-0.1, -0.05) is 0 Å². The smallest absolute Gasteiger partial charge is 0.183 e. The van der Waals surface area contributed by atoms with E-state index in [1.807, 2.05) is 19.1 Å². The van der Waals surface area contributed by atoms with E-state index in [-0.39, 0.29) is 0 Å². The minimum absolute atomic E-state index is 0.660. The molecule has 0 radical (unpaired) electrons. The minimum Gasteiger partial charge on any atom is -0.368 e. The van der Waals surface area contributed by atoms with Gasteiger partial charge in [-0.2, -0.15) is 0 Å². The molecule has 0 saturated heterocycles. The lowest BCUT2D eigenvalue weighted by Crippen LogP contribution is -2.00. The Hall–Kier alpha value is -2.50. The van der Waals surface area contributed by atoms with Gasteiger partial charge in [-0.3, -0.25) is 4.98 Å². The first-order chi connectivity index (χ1) is 8.88. The van der Waals surface area contributed by atoms with Crippen molar-refractivity contribution in [1.29, 1.82) is 0 Å². The molecule has 0 saturated carbocycles. The van der Waals surface area contributed by atoms with Gasteiger partial charge in [0, 0.05) is 24.5 Å². The summed E-state index contributed by atoms with van der Waals surface area (Å²) in [5.74, 6) is 1.54. The number of aromatic amines is 1. The standard InChI is InChI=1S/C12H12N6/c1-2-14-11-9-12(16-7-15-11)18-10(17-9)8-3-5-13-6-4-8/h3-7H,2H2,1H3,(H2,14,15,16,17,18). The molecule has 6 nitrogen and oxygen atoms in total. The number of pyridine rings is 1. The van der Waals surface area contributed by atoms with Crippen molar-refractivity contribution >= 4 is 17.0 Å². The number of nitrogens with zero attached hydrogens (tertiary/aromatic N) is 4. The maximum Gasteiger partial charge on any atom is 0.183 e. The van der Waals surface area contributed by atoms with Crippen LogP contribution in [0.2, 0.25) is 0 Å². The van der Waals surface area contributed by atoms with E-state index in [1.165, 1.54) is 6.33 Å². The molecule has 0 atom stereocenters. The van der Waals surface area contributed by atoms with Gasteiger partial charge >= 0.3 is 0 Å². The highest BCUT2D eigenvalue weighted by atomic mass is 15.1. The number of anilines is 1. The van der Waals surface area contributed by atoms with Gasteiger partial charge in [0.25, 0.3) is 0 Å². The van der Waals surface area contributed by atoms with Crippen LogP contribution < -0.4 is 5.32 Å². The molecule has 90 valence electrons. The average molecular weight is 240 g/mol. The molecule has 3 aromatic heterocycles. The minimum atomic E-state index is 0.660. The molecule has 6 heteroatoms. The van der Waals surface area contributed by atoms with Gasteiger partial charge in [-0.25, -0.2) is 15.0 Å². The van der Waals surface area contributed by atoms with Crippen molar-refractivity contribution in [1.82, 2.24) is 24.9 Å². The third kappa shape index (κ3) is 1.77. The first-order valence-electron chi connectivity index (χ1n) is 5.73. The third-order valence-corrected chi connectivity index (χ3v) is 2.59. The summed E-state index contributed by atoms with van der Waals surface area (Å²) in [6, 6.07) is 3.80. The maximum atomic E-state index is 4.45. The summed E-state index contributed by atoms with van der Waals surface area (Å²) in [6.45, 7) is 2.82. The fourth-order valence-electron chi connectivity index (χ4n) is 1.78. The predicted molar refractivity (Wildman–Crippen MR) is 69.1 cm³/mol. The summed E-state index contributed by atoms with van der Waals surface area (Å²) < 4.78 is 0. The highest BCUT2D eigenvalue weighted by Crippen LogP contribution is 2.21. The summed E-state index contributed by atoms with van der Waals surface area (Å²) in [5.41, 5.74) is 2.46. The van der Waals surface area contributed by atoms with Crippen LogP contribution in [0.4, 0.5) is 5.82 Å². The molecule has 3 heterocycles. The van der Waals surface area contributed by atoms with Crippen LogP contribution in [-0.4, -0.2) is 31.5 Å². The number of imidazole rings is 1. The number of fused-ring (bicyclic) bond motifs is 1. The second-order valence-corrected chi connectivity index (χ2v) is 3.77. The van der Waals surface area contributed by atoms with E-state index in [4.69, 9.17) is 0 Å². The normalized spacial score (nSPS) is 10.7. The van der Waals surface area contributed by atoms with Crippen LogP contribution in [0.3, 0.4) is 0 Å². The topological polar surface area (TPSA) is 79.4 Å². The molecule has 0 amide bonds. The molecule has 0 aliphatic carbocycles. The monoisotopic (exact) mass is 240 g/mol. The Labute approximate surface area is 104 Å². The molecule has 0 aromatic carbocycles. The van der Waals surface area contributed by atoms with Crippen LogP contribution in [0.25, 0.3) is 22.6 Å². The van der Waals surface area contributed by atoms with Crippen molar-refractivity contribution in [2.24, 2.45) is 0 Å². The summed E-state index contributed by atoms with van der Waals surface area (Å²) in [5, 5.41) is 3.18. The fraction of sp³-hybridized carbons (Fsp3) is 0.167. The Morgan fingerprint density at radius 3 is 2.83 bits per heavy atom. The highest BCUT2D eigenvalue weighted by molar-refractivity contribution is 5.85. The Morgan fingerprint density at radius 2 is 2.06 bits per heavy atom. The van der Waals surface area contributed by atoms with E-state index in [1.54, 1.807) is 12.4 Å². The number of H-pyrrole nitrogens is 1. The number of rotatable bonds is 3. The van der Waals surface area contributed by atoms with Crippen molar-refractivity contribution in [3.63, 3.8) is 0 Å². The Bertz CT molecular complexity index is 661. The van der Waals surface area contributed by atoms with Crippen molar-refractivity contribution in [2.45, 2.75) is 6.92 Å². The SMILES string of the molecule is CCNc1ncnc2nc(-c3ccncc3)[nH]c12. The molecule has 0 spiro atoms. The van der Waals surface area contributed by atoms with E-state index in [0.717, 1.165) is 29.3 Å². The Balaban J connectivity index is 2.14. The lowest BCUT2D eigenvalue weighted by atomic mass is 10.3. The van der Waals surface area contributed by atoms with Gasteiger partial charge in [-0.05, 0) is 19.1 Å². The maximum absolute atomic E-state index is 4.45. The molecule has 3 aromatic rings. The molecule has 0 unspecified atom stereocenters. The molecule has 0 fully saturated rings. The number of nitrogens with one attached hydrogen (secondary N) is 2. The van der Waals surface area contributed by atoms with E-state index in [0.29, 0.717) is 5.65 Å². The third-order valence-electron chi connectivity index (χ3n) is 2.59. The van der Waals surface area contributed by atoms with E-state index >= 15 is 0 Å². The Kier molecular flexibility index (Phi) is 2.60. The van der Waals surface area contributed by atoms with Crippen LogP contribution in [0.5, 0.6) is 0 Å². The van der Waals surface area contributed by atoms with Crippen LogP contribution in [0, 0.1) is 0 Å². The number of aromatic nitrogens is 5. The molecular formula is C12H12N6. The molecule has 2 N–H and O–H groups in total. The van der Waals surface area contributed by atoms with Crippen molar-refractivity contribution < 1.29 is 0 Å². The molecule has 0 aliphatic heterocycles. The van der Waals surface area contributed by atoms with Crippen molar-refractivity contribution in [3.8, 4) is 11.4 Å². The van der Waals surface area contributed by atoms with Gasteiger partial charge in [-0.15, -0.1) is 0 Å². The highest BCUT2D eigenvalue weighted by Gasteiger charge is 2.09. The zero-order valence-corrected chi connectivity index (χ0v) is 9.88. The van der Waals surface area contributed by atoms with Crippen LogP contribution in [0.15, 0.2) is 30.9 Å². The van der Waals surface area contributed by atoms with E-state index in [9.17, 15) is 0 Å². The molecular weight excluding hydrogens is 228 g/mol. The first kappa shape index (κ1) is 10.6. The zero-order chi connectivity index (χ0) is 12.4. The van der Waals surface area contributed by atoms with Gasteiger partial charge in [0.15, 0.2) is 11.5 Å². The molecule has 0 aliphatic rings. The second kappa shape index (κ2) is 4.40. The van der Waals surface area contributed by atoms with Crippen molar-refractivity contribution in [2.75, 3.05) is 11.9 Å². The molecule has 3 rings (SSSR count). The van der Waals surface area contributed by atoms with E-state index < -0.39 is 0 Å². The summed E-state index contributed by atoms with van der Waals surface area (Å²) in [6.07, 6.45) is 4.98. The average Bonchev–Trinajstić information content (AvgIpc) is 2.85. The number of hydrogen-bond acceptors (Lipinski definition) is 5. The van der Waals surface area contributed by atoms with Crippen molar-refractivity contribution in [3.05, 3.63) is 30.9 Å². The fourth-order valence-corrected chi connectivity index (χ4v) is 1.78. The van der Waals surface area contributed by atoms with Crippen LogP contribution in [0.1, 0.15) is 6.92 Å². The summed E-state index contributed by atoms with van der Waals surface area (Å²) >= 11 is 0. The largest absolute Gasteiger partial charge is 0.368 e. The van der Waals surface area contributed by atoms with Crippen LogP contribution >= 0.6 is 0 Å². The lowest BCUT2D eigenvalue weighted by molar-refractivity contribution is 1.13. The molecule has 0 bridgehead atoms. The number of hydrogen-bond donors (Lipinski definition) is 2.